The molecule has 2 aromatic carbocycles. The molecule has 0 aliphatic carbocycles. The van der Waals surface area contributed by atoms with Crippen LogP contribution >= 0.6 is 0 Å². The third-order valence-electron chi connectivity index (χ3n) is 5.90. The number of piperazine rings is 1. The molecule has 32 heavy (non-hydrogen) atoms. The molecule has 8 nitrogen and oxygen atoms in total. The predicted molar refractivity (Wildman–Crippen MR) is 120 cm³/mol. The Labute approximate surface area is 189 Å². The molecule has 2 heterocycles. The summed E-state index contributed by atoms with van der Waals surface area (Å²) in [4.78, 5) is 17.0. The Kier molecular flexibility index (Phi) is 6.68. The van der Waals surface area contributed by atoms with E-state index in [1.54, 1.807) is 29.2 Å². The lowest BCUT2D eigenvalue weighted by Crippen LogP contribution is -2.52. The second-order valence-electron chi connectivity index (χ2n) is 8.09. The van der Waals surface area contributed by atoms with Gasteiger partial charge in [-0.05, 0) is 43.3 Å². The van der Waals surface area contributed by atoms with E-state index in [9.17, 15) is 13.2 Å². The van der Waals surface area contributed by atoms with Crippen LogP contribution < -0.4 is 9.47 Å². The SMILES string of the molecule is CCN(CC(=O)N1CCN(S(=O)(=O)c2ccc(C)cc2)CC1)Cc1ccc2c(c1)OCO2. The van der Waals surface area contributed by atoms with Crippen LogP contribution in [0.3, 0.4) is 0 Å². The van der Waals surface area contributed by atoms with Crippen LogP contribution in [0.5, 0.6) is 11.5 Å². The van der Waals surface area contributed by atoms with E-state index in [1.807, 2.05) is 32.0 Å². The number of fused-ring (bicyclic) bond motifs is 1. The van der Waals surface area contributed by atoms with Crippen molar-refractivity contribution < 1.29 is 22.7 Å². The van der Waals surface area contributed by atoms with Crippen LogP contribution in [0.4, 0.5) is 0 Å². The van der Waals surface area contributed by atoms with E-state index in [0.717, 1.165) is 29.2 Å². The zero-order chi connectivity index (χ0) is 22.7. The molecule has 9 heteroatoms. The monoisotopic (exact) mass is 459 g/mol. The minimum absolute atomic E-state index is 0.0139. The van der Waals surface area contributed by atoms with Crippen molar-refractivity contribution in [3.8, 4) is 11.5 Å². The fraction of sp³-hybridized carbons (Fsp3) is 0.435. The molecule has 0 aromatic heterocycles. The number of likely N-dealkylation sites (N-methyl/N-ethyl adjacent to an activating group) is 1. The molecule has 1 fully saturated rings. The maximum absolute atomic E-state index is 12.9. The van der Waals surface area contributed by atoms with Crippen LogP contribution in [0.15, 0.2) is 47.4 Å². The van der Waals surface area contributed by atoms with Gasteiger partial charge in [-0.2, -0.15) is 4.31 Å². The summed E-state index contributed by atoms with van der Waals surface area (Å²) in [5.41, 5.74) is 2.07. The van der Waals surface area contributed by atoms with Gasteiger partial charge in [-0.25, -0.2) is 8.42 Å². The fourth-order valence-corrected chi connectivity index (χ4v) is 5.33. The number of hydrogen-bond acceptors (Lipinski definition) is 6. The van der Waals surface area contributed by atoms with Gasteiger partial charge in [-0.15, -0.1) is 0 Å². The summed E-state index contributed by atoms with van der Waals surface area (Å²) < 4.78 is 38.0. The second kappa shape index (κ2) is 9.48. The van der Waals surface area contributed by atoms with Crippen LogP contribution in [0.25, 0.3) is 0 Å². The molecule has 172 valence electrons. The smallest absolute Gasteiger partial charge is 0.243 e. The van der Waals surface area contributed by atoms with Crippen molar-refractivity contribution >= 4 is 15.9 Å². The minimum atomic E-state index is -3.54. The summed E-state index contributed by atoms with van der Waals surface area (Å²) >= 11 is 0. The number of aryl methyl sites for hydroxylation is 1. The maximum Gasteiger partial charge on any atom is 0.243 e. The molecule has 2 aliphatic heterocycles. The van der Waals surface area contributed by atoms with Gasteiger partial charge in [0.05, 0.1) is 11.4 Å². The number of nitrogens with zero attached hydrogens (tertiary/aromatic N) is 3. The van der Waals surface area contributed by atoms with Crippen molar-refractivity contribution in [1.82, 2.24) is 14.1 Å². The van der Waals surface area contributed by atoms with Gasteiger partial charge in [0, 0.05) is 32.7 Å². The van der Waals surface area contributed by atoms with Crippen molar-refractivity contribution in [2.75, 3.05) is 46.1 Å². The molecular weight excluding hydrogens is 430 g/mol. The third-order valence-corrected chi connectivity index (χ3v) is 7.81. The van der Waals surface area contributed by atoms with Crippen molar-refractivity contribution in [3.05, 3.63) is 53.6 Å². The molecule has 2 aromatic rings. The lowest BCUT2D eigenvalue weighted by Gasteiger charge is -2.35. The maximum atomic E-state index is 12.9. The molecule has 1 saturated heterocycles. The van der Waals surface area contributed by atoms with E-state index < -0.39 is 10.0 Å². The first-order valence-electron chi connectivity index (χ1n) is 10.8. The Bertz CT molecular complexity index is 1060. The lowest BCUT2D eigenvalue weighted by atomic mass is 10.2. The second-order valence-corrected chi connectivity index (χ2v) is 10.0. The van der Waals surface area contributed by atoms with Crippen molar-refractivity contribution in [1.29, 1.82) is 0 Å². The molecule has 0 bridgehead atoms. The molecule has 1 amide bonds. The van der Waals surface area contributed by atoms with Gasteiger partial charge in [-0.3, -0.25) is 9.69 Å². The Hall–Kier alpha value is -2.62. The van der Waals surface area contributed by atoms with Crippen LogP contribution in [-0.4, -0.2) is 74.5 Å². The largest absolute Gasteiger partial charge is 0.454 e. The first-order chi connectivity index (χ1) is 15.4. The number of carbonyl (C=O) groups is 1. The summed E-state index contributed by atoms with van der Waals surface area (Å²) in [5, 5.41) is 0. The molecule has 0 N–H and O–H groups in total. The molecule has 0 saturated carbocycles. The van der Waals surface area contributed by atoms with E-state index in [0.29, 0.717) is 37.6 Å². The summed E-state index contributed by atoms with van der Waals surface area (Å²) in [6, 6.07) is 12.7. The number of ether oxygens (including phenoxy) is 2. The number of carbonyl (C=O) groups excluding carboxylic acids is 1. The quantitative estimate of drug-likeness (QED) is 0.631. The number of benzene rings is 2. The van der Waals surface area contributed by atoms with Crippen molar-refractivity contribution in [2.24, 2.45) is 0 Å². The van der Waals surface area contributed by atoms with Gasteiger partial charge in [0.2, 0.25) is 22.7 Å². The Morgan fingerprint density at radius 1 is 1.00 bits per heavy atom. The first kappa shape index (κ1) is 22.6. The van der Waals surface area contributed by atoms with E-state index in [-0.39, 0.29) is 19.2 Å². The summed E-state index contributed by atoms with van der Waals surface area (Å²) in [6.07, 6.45) is 0. The highest BCUT2D eigenvalue weighted by atomic mass is 32.2. The standard InChI is InChI=1S/C23H29N3O5S/c1-3-24(15-19-6-9-21-22(14-19)31-17-30-21)16-23(27)25-10-12-26(13-11-25)32(28,29)20-7-4-18(2)5-8-20/h4-9,14H,3,10-13,15-17H2,1-2H3. The van der Waals surface area contributed by atoms with Crippen LogP contribution in [0.2, 0.25) is 0 Å². The number of amides is 1. The number of hydrogen-bond donors (Lipinski definition) is 0. The Balaban J connectivity index is 1.32. The normalized spacial score (nSPS) is 16.5. The zero-order valence-electron chi connectivity index (χ0n) is 18.5. The molecule has 0 unspecified atom stereocenters. The van der Waals surface area contributed by atoms with Crippen LogP contribution in [0.1, 0.15) is 18.1 Å². The van der Waals surface area contributed by atoms with E-state index in [2.05, 4.69) is 4.90 Å². The van der Waals surface area contributed by atoms with E-state index in [1.165, 1.54) is 4.31 Å². The zero-order valence-corrected chi connectivity index (χ0v) is 19.3. The van der Waals surface area contributed by atoms with Gasteiger partial charge in [-0.1, -0.05) is 30.7 Å². The van der Waals surface area contributed by atoms with Gasteiger partial charge in [0.15, 0.2) is 11.5 Å². The Morgan fingerprint density at radius 3 is 2.38 bits per heavy atom. The van der Waals surface area contributed by atoms with E-state index >= 15 is 0 Å². The molecule has 2 aliphatic rings. The highest BCUT2D eigenvalue weighted by Crippen LogP contribution is 2.32. The van der Waals surface area contributed by atoms with Crippen molar-refractivity contribution in [3.63, 3.8) is 0 Å². The number of sulfonamides is 1. The van der Waals surface area contributed by atoms with Gasteiger partial charge in [0.1, 0.15) is 0 Å². The Morgan fingerprint density at radius 2 is 1.69 bits per heavy atom. The van der Waals surface area contributed by atoms with Crippen molar-refractivity contribution in [2.45, 2.75) is 25.3 Å². The average molecular weight is 460 g/mol. The lowest BCUT2D eigenvalue weighted by molar-refractivity contribution is -0.133. The highest BCUT2D eigenvalue weighted by molar-refractivity contribution is 7.89. The van der Waals surface area contributed by atoms with E-state index in [4.69, 9.17) is 9.47 Å². The fourth-order valence-electron chi connectivity index (χ4n) is 3.91. The molecule has 0 spiro atoms. The van der Waals surface area contributed by atoms with Gasteiger partial charge in [0.25, 0.3) is 0 Å². The average Bonchev–Trinajstić information content (AvgIpc) is 3.27. The summed E-state index contributed by atoms with van der Waals surface area (Å²) in [5.74, 6) is 1.49. The number of rotatable bonds is 7. The molecule has 0 atom stereocenters. The van der Waals surface area contributed by atoms with Crippen LogP contribution in [-0.2, 0) is 21.4 Å². The van der Waals surface area contributed by atoms with Crippen LogP contribution in [0, 0.1) is 6.92 Å². The van der Waals surface area contributed by atoms with Gasteiger partial charge >= 0.3 is 0 Å². The minimum Gasteiger partial charge on any atom is -0.454 e. The molecule has 0 radical (unpaired) electrons. The molecule has 4 rings (SSSR count). The molecular formula is C23H29N3O5S. The topological polar surface area (TPSA) is 79.4 Å². The van der Waals surface area contributed by atoms with Gasteiger partial charge < -0.3 is 14.4 Å². The highest BCUT2D eigenvalue weighted by Gasteiger charge is 2.30. The first-order valence-corrected chi connectivity index (χ1v) is 12.3. The summed E-state index contributed by atoms with van der Waals surface area (Å²) in [6.45, 7) is 7.21. The predicted octanol–water partition coefficient (Wildman–Crippen LogP) is 2.08. The summed E-state index contributed by atoms with van der Waals surface area (Å²) in [7, 11) is -3.54. The third kappa shape index (κ3) is 4.90.